The Morgan fingerprint density at radius 3 is 2.62 bits per heavy atom. The molecule has 2 heterocycles. The number of nitrogens with zero attached hydrogens (tertiary/aromatic N) is 2. The molecule has 1 aliphatic heterocycles. The molecule has 0 saturated carbocycles. The van der Waals surface area contributed by atoms with Gasteiger partial charge in [0.1, 0.15) is 14.4 Å². The first kappa shape index (κ1) is 11.9. The summed E-state index contributed by atoms with van der Waals surface area (Å²) in [5.41, 5.74) is 0. The van der Waals surface area contributed by atoms with Gasteiger partial charge >= 0.3 is 0 Å². The molecule has 0 spiro atoms. The molecule has 0 bridgehead atoms. The Morgan fingerprint density at radius 1 is 1.50 bits per heavy atom. The topological polar surface area (TPSA) is 72.2 Å². The van der Waals surface area contributed by atoms with E-state index >= 15 is 0 Å². The molecule has 0 aliphatic carbocycles. The summed E-state index contributed by atoms with van der Waals surface area (Å²) in [6, 6.07) is 0. The largest absolute Gasteiger partial charge is 0.504 e. The molecule has 1 aliphatic rings. The van der Waals surface area contributed by atoms with Crippen molar-refractivity contribution in [2.75, 3.05) is 11.5 Å². The zero-order valence-electron chi connectivity index (χ0n) is 8.63. The van der Waals surface area contributed by atoms with Gasteiger partial charge in [0.25, 0.3) is 0 Å². The molecular weight excluding hydrogens is 296 g/mol. The van der Waals surface area contributed by atoms with Crippen molar-refractivity contribution < 1.29 is 13.5 Å². The summed E-state index contributed by atoms with van der Waals surface area (Å²) in [5.74, 6) is 0.966. The predicted molar refractivity (Wildman–Crippen MR) is 63.0 cm³/mol. The lowest BCUT2D eigenvalue weighted by Crippen LogP contribution is -2.26. The van der Waals surface area contributed by atoms with Gasteiger partial charge in [-0.05, 0) is 34.7 Å². The normalized spacial score (nSPS) is 21.1. The lowest BCUT2D eigenvalue weighted by molar-refractivity contribution is 0.378. The van der Waals surface area contributed by atoms with Crippen LogP contribution in [0.3, 0.4) is 0 Å². The van der Waals surface area contributed by atoms with E-state index in [1.54, 1.807) is 4.68 Å². The second-order valence-corrected chi connectivity index (χ2v) is 7.15. The fourth-order valence-electron chi connectivity index (χ4n) is 1.85. The van der Waals surface area contributed by atoms with E-state index < -0.39 is 9.84 Å². The highest BCUT2D eigenvalue weighted by Crippen LogP contribution is 2.26. The van der Waals surface area contributed by atoms with Gasteiger partial charge in [-0.2, -0.15) is 5.10 Å². The number of hydrogen-bond acceptors (Lipinski definition) is 4. The first-order chi connectivity index (χ1) is 7.48. The molecule has 1 aromatic heterocycles. The van der Waals surface area contributed by atoms with Crippen LogP contribution >= 0.6 is 15.9 Å². The summed E-state index contributed by atoms with van der Waals surface area (Å²) < 4.78 is 24.7. The van der Waals surface area contributed by atoms with Crippen LogP contribution in [-0.2, 0) is 16.4 Å². The summed E-state index contributed by atoms with van der Waals surface area (Å²) in [4.78, 5) is 0. The zero-order chi connectivity index (χ0) is 11.8. The molecule has 2 rings (SSSR count). The molecule has 0 radical (unpaired) electrons. The van der Waals surface area contributed by atoms with Crippen LogP contribution in [0.1, 0.15) is 12.8 Å². The van der Waals surface area contributed by atoms with Gasteiger partial charge in [-0.3, -0.25) is 4.68 Å². The first-order valence-corrected chi connectivity index (χ1v) is 7.70. The number of aromatic hydroxyl groups is 1. The summed E-state index contributed by atoms with van der Waals surface area (Å²) >= 11 is 3.23. The van der Waals surface area contributed by atoms with E-state index in [2.05, 4.69) is 21.0 Å². The average molecular weight is 309 g/mol. The lowest BCUT2D eigenvalue weighted by Gasteiger charge is -2.21. The molecule has 7 heteroatoms. The summed E-state index contributed by atoms with van der Waals surface area (Å²) in [6.07, 6.45) is 2.73. The molecule has 5 nitrogen and oxygen atoms in total. The van der Waals surface area contributed by atoms with Gasteiger partial charge in [-0.25, -0.2) is 8.42 Å². The predicted octanol–water partition coefficient (Wildman–Crippen LogP) is 1.18. The highest BCUT2D eigenvalue weighted by Gasteiger charge is 2.24. The van der Waals surface area contributed by atoms with Gasteiger partial charge in [0.05, 0.1) is 17.7 Å². The molecule has 1 saturated heterocycles. The molecule has 1 N–H and O–H groups in total. The van der Waals surface area contributed by atoms with Gasteiger partial charge in [0.15, 0.2) is 5.75 Å². The Morgan fingerprint density at radius 2 is 2.12 bits per heavy atom. The van der Waals surface area contributed by atoms with E-state index in [-0.39, 0.29) is 17.3 Å². The third kappa shape index (κ3) is 2.57. The summed E-state index contributed by atoms with van der Waals surface area (Å²) in [6.45, 7) is 0.649. The van der Waals surface area contributed by atoms with Gasteiger partial charge < -0.3 is 5.11 Å². The molecular formula is C9H13BrN2O3S. The van der Waals surface area contributed by atoms with Crippen LogP contribution in [0.5, 0.6) is 5.75 Å². The molecule has 0 unspecified atom stereocenters. The quantitative estimate of drug-likeness (QED) is 0.890. The van der Waals surface area contributed by atoms with E-state index in [1.165, 1.54) is 6.20 Å². The fourth-order valence-corrected chi connectivity index (χ4v) is 3.78. The molecule has 1 aromatic rings. The SMILES string of the molecule is O=S1(=O)CCC(Cn2ncc(O)c2Br)CC1. The number of halogens is 1. The Hall–Kier alpha value is -0.560. The van der Waals surface area contributed by atoms with Crippen LogP contribution in [0.4, 0.5) is 0 Å². The van der Waals surface area contributed by atoms with Crippen LogP contribution in [0, 0.1) is 5.92 Å². The summed E-state index contributed by atoms with van der Waals surface area (Å²) in [5, 5.41) is 13.3. The maximum atomic E-state index is 11.2. The highest BCUT2D eigenvalue weighted by atomic mass is 79.9. The van der Waals surface area contributed by atoms with Gasteiger partial charge in [0.2, 0.25) is 0 Å². The molecule has 0 aromatic carbocycles. The van der Waals surface area contributed by atoms with Crippen molar-refractivity contribution >= 4 is 25.8 Å². The Bertz CT molecular complexity index is 469. The van der Waals surface area contributed by atoms with Crippen molar-refractivity contribution in [3.63, 3.8) is 0 Å². The van der Waals surface area contributed by atoms with Gasteiger partial charge in [-0.15, -0.1) is 0 Å². The molecule has 90 valence electrons. The van der Waals surface area contributed by atoms with Crippen molar-refractivity contribution in [1.29, 1.82) is 0 Å². The minimum absolute atomic E-state index is 0.114. The van der Waals surface area contributed by atoms with E-state index in [0.29, 0.717) is 29.9 Å². The second-order valence-electron chi connectivity index (χ2n) is 4.10. The monoisotopic (exact) mass is 308 g/mol. The minimum atomic E-state index is -2.80. The van der Waals surface area contributed by atoms with Crippen LogP contribution < -0.4 is 0 Å². The molecule has 0 amide bonds. The number of hydrogen-bond donors (Lipinski definition) is 1. The minimum Gasteiger partial charge on any atom is -0.504 e. The standard InChI is InChI=1S/C9H13BrN2O3S/c10-9-8(13)5-11-12(9)6-7-1-3-16(14,15)4-2-7/h5,7,13H,1-4,6H2. The summed E-state index contributed by atoms with van der Waals surface area (Å²) in [7, 11) is -2.80. The second kappa shape index (κ2) is 4.37. The van der Waals surface area contributed by atoms with E-state index in [9.17, 15) is 13.5 Å². The van der Waals surface area contributed by atoms with E-state index in [0.717, 1.165) is 0 Å². The first-order valence-electron chi connectivity index (χ1n) is 5.08. The van der Waals surface area contributed by atoms with Crippen LogP contribution in [-0.4, -0.2) is 34.8 Å². The Balaban J connectivity index is 1.99. The number of aromatic nitrogens is 2. The van der Waals surface area contributed by atoms with Crippen LogP contribution in [0.2, 0.25) is 0 Å². The molecule has 0 atom stereocenters. The fraction of sp³-hybridized carbons (Fsp3) is 0.667. The Labute approximate surface area is 103 Å². The van der Waals surface area contributed by atoms with Crippen molar-refractivity contribution in [1.82, 2.24) is 9.78 Å². The smallest absolute Gasteiger partial charge is 0.168 e. The van der Waals surface area contributed by atoms with Crippen LogP contribution in [0.25, 0.3) is 0 Å². The van der Waals surface area contributed by atoms with Crippen molar-refractivity contribution in [2.24, 2.45) is 5.92 Å². The molecule has 16 heavy (non-hydrogen) atoms. The third-order valence-electron chi connectivity index (χ3n) is 2.86. The molecule has 1 fully saturated rings. The Kier molecular flexibility index (Phi) is 3.25. The van der Waals surface area contributed by atoms with E-state index in [1.807, 2.05) is 0 Å². The third-order valence-corrected chi connectivity index (χ3v) is 5.39. The number of rotatable bonds is 2. The van der Waals surface area contributed by atoms with Gasteiger partial charge in [-0.1, -0.05) is 0 Å². The maximum Gasteiger partial charge on any atom is 0.168 e. The van der Waals surface area contributed by atoms with Crippen LogP contribution in [0.15, 0.2) is 10.8 Å². The average Bonchev–Trinajstić information content (AvgIpc) is 2.53. The number of sulfone groups is 1. The van der Waals surface area contributed by atoms with Crippen molar-refractivity contribution in [3.8, 4) is 5.75 Å². The maximum absolute atomic E-state index is 11.2. The zero-order valence-corrected chi connectivity index (χ0v) is 11.0. The van der Waals surface area contributed by atoms with E-state index in [4.69, 9.17) is 0 Å². The van der Waals surface area contributed by atoms with Crippen molar-refractivity contribution in [3.05, 3.63) is 10.8 Å². The van der Waals surface area contributed by atoms with Gasteiger partial charge in [0, 0.05) is 6.54 Å². The van der Waals surface area contributed by atoms with Crippen molar-refractivity contribution in [2.45, 2.75) is 19.4 Å². The lowest BCUT2D eigenvalue weighted by atomic mass is 10.0. The highest BCUT2D eigenvalue weighted by molar-refractivity contribution is 9.10.